The van der Waals surface area contributed by atoms with Crippen LogP contribution in [0.4, 0.5) is 5.95 Å². The monoisotopic (exact) mass is 385 g/mol. The first-order valence-corrected chi connectivity index (χ1v) is 10.2. The van der Waals surface area contributed by atoms with Crippen LogP contribution in [0.15, 0.2) is 36.0 Å². The van der Waals surface area contributed by atoms with Crippen molar-refractivity contribution in [3.8, 4) is 10.6 Å². The number of anilines is 1. The third-order valence-corrected chi connectivity index (χ3v) is 6.19. The summed E-state index contributed by atoms with van der Waals surface area (Å²) >= 11 is 3.28. The molecule has 3 aromatic heterocycles. The van der Waals surface area contributed by atoms with Crippen LogP contribution >= 0.6 is 22.7 Å². The van der Waals surface area contributed by atoms with Crippen LogP contribution in [-0.2, 0) is 11.2 Å². The molecular formula is C18H19N5OS2. The van der Waals surface area contributed by atoms with Gasteiger partial charge in [0.25, 0.3) is 0 Å². The SMILES string of the molecule is Cc1nc(-c2cccs2)c(CC(=O)N2CCN(c3ncccn3)CC2)s1. The first-order valence-electron chi connectivity index (χ1n) is 8.50. The first-order chi connectivity index (χ1) is 12.7. The van der Waals surface area contributed by atoms with Crippen molar-refractivity contribution in [2.24, 2.45) is 0 Å². The summed E-state index contributed by atoms with van der Waals surface area (Å²) in [6.45, 7) is 4.91. The maximum atomic E-state index is 12.8. The number of thiophene rings is 1. The molecular weight excluding hydrogens is 366 g/mol. The number of aryl methyl sites for hydroxylation is 1. The van der Waals surface area contributed by atoms with Crippen molar-refractivity contribution in [1.82, 2.24) is 19.9 Å². The molecule has 0 atom stereocenters. The van der Waals surface area contributed by atoms with E-state index in [2.05, 4.69) is 25.9 Å². The second-order valence-corrected chi connectivity index (χ2v) is 8.31. The Morgan fingerprint density at radius 2 is 1.92 bits per heavy atom. The molecule has 0 radical (unpaired) electrons. The minimum absolute atomic E-state index is 0.167. The normalized spacial score (nSPS) is 14.7. The van der Waals surface area contributed by atoms with Crippen molar-refractivity contribution in [3.63, 3.8) is 0 Å². The van der Waals surface area contributed by atoms with E-state index in [9.17, 15) is 4.79 Å². The smallest absolute Gasteiger partial charge is 0.228 e. The van der Waals surface area contributed by atoms with E-state index >= 15 is 0 Å². The molecule has 1 fully saturated rings. The number of amides is 1. The molecule has 0 aromatic carbocycles. The maximum Gasteiger partial charge on any atom is 0.228 e. The van der Waals surface area contributed by atoms with Crippen LogP contribution in [0, 0.1) is 6.92 Å². The Morgan fingerprint density at radius 3 is 2.62 bits per heavy atom. The molecule has 26 heavy (non-hydrogen) atoms. The molecule has 0 bridgehead atoms. The molecule has 0 N–H and O–H groups in total. The van der Waals surface area contributed by atoms with Crippen molar-refractivity contribution in [2.75, 3.05) is 31.1 Å². The molecule has 4 heterocycles. The van der Waals surface area contributed by atoms with Crippen LogP contribution in [0.3, 0.4) is 0 Å². The Labute approximate surface area is 160 Å². The maximum absolute atomic E-state index is 12.8. The van der Waals surface area contributed by atoms with Gasteiger partial charge in [0.15, 0.2) is 0 Å². The zero-order valence-corrected chi connectivity index (χ0v) is 16.1. The molecule has 0 saturated carbocycles. The van der Waals surface area contributed by atoms with Gasteiger partial charge in [0, 0.05) is 43.4 Å². The summed E-state index contributed by atoms with van der Waals surface area (Å²) in [6.07, 6.45) is 3.91. The van der Waals surface area contributed by atoms with Crippen LogP contribution in [0.5, 0.6) is 0 Å². The summed E-state index contributed by atoms with van der Waals surface area (Å²) in [4.78, 5) is 32.3. The van der Waals surface area contributed by atoms with E-state index in [0.717, 1.165) is 39.5 Å². The second-order valence-electron chi connectivity index (χ2n) is 6.08. The number of piperazine rings is 1. The largest absolute Gasteiger partial charge is 0.339 e. The van der Waals surface area contributed by atoms with Gasteiger partial charge in [-0.3, -0.25) is 4.79 Å². The van der Waals surface area contributed by atoms with E-state index in [4.69, 9.17) is 0 Å². The minimum atomic E-state index is 0.167. The summed E-state index contributed by atoms with van der Waals surface area (Å²) < 4.78 is 0. The number of thiazole rings is 1. The number of rotatable bonds is 4. The summed E-state index contributed by atoms with van der Waals surface area (Å²) in [5.41, 5.74) is 0.965. The summed E-state index contributed by atoms with van der Waals surface area (Å²) in [5.74, 6) is 0.901. The van der Waals surface area contributed by atoms with Crippen molar-refractivity contribution in [1.29, 1.82) is 0 Å². The predicted molar refractivity (Wildman–Crippen MR) is 105 cm³/mol. The van der Waals surface area contributed by atoms with Gasteiger partial charge in [-0.2, -0.15) is 0 Å². The fraction of sp³-hybridized carbons (Fsp3) is 0.333. The lowest BCUT2D eigenvalue weighted by Crippen LogP contribution is -2.49. The molecule has 4 rings (SSSR count). The van der Waals surface area contributed by atoms with Crippen LogP contribution in [0.1, 0.15) is 9.88 Å². The average Bonchev–Trinajstić information content (AvgIpc) is 3.32. The second kappa shape index (κ2) is 7.51. The first kappa shape index (κ1) is 17.1. The van der Waals surface area contributed by atoms with Gasteiger partial charge in [0.1, 0.15) is 0 Å². The third-order valence-electron chi connectivity index (χ3n) is 4.34. The molecule has 3 aromatic rings. The molecule has 1 amide bonds. The van der Waals surface area contributed by atoms with Gasteiger partial charge in [0.05, 0.1) is 22.0 Å². The van der Waals surface area contributed by atoms with Crippen molar-refractivity contribution in [3.05, 3.63) is 45.9 Å². The topological polar surface area (TPSA) is 62.2 Å². The lowest BCUT2D eigenvalue weighted by Gasteiger charge is -2.34. The van der Waals surface area contributed by atoms with Gasteiger partial charge < -0.3 is 9.80 Å². The number of hydrogen-bond donors (Lipinski definition) is 0. The van der Waals surface area contributed by atoms with Gasteiger partial charge in [-0.25, -0.2) is 15.0 Å². The Bertz CT molecular complexity index is 870. The van der Waals surface area contributed by atoms with E-state index in [1.807, 2.05) is 29.3 Å². The highest BCUT2D eigenvalue weighted by Gasteiger charge is 2.24. The molecule has 0 aliphatic carbocycles. The lowest BCUT2D eigenvalue weighted by molar-refractivity contribution is -0.130. The van der Waals surface area contributed by atoms with E-state index in [-0.39, 0.29) is 5.91 Å². The number of carbonyl (C=O) groups is 1. The third kappa shape index (κ3) is 3.61. The molecule has 1 aliphatic rings. The zero-order chi connectivity index (χ0) is 17.9. The fourth-order valence-corrected chi connectivity index (χ4v) is 4.80. The summed E-state index contributed by atoms with van der Waals surface area (Å²) in [5, 5.41) is 3.04. The number of carbonyl (C=O) groups excluding carboxylic acids is 1. The van der Waals surface area contributed by atoms with Gasteiger partial charge in [0.2, 0.25) is 11.9 Å². The van der Waals surface area contributed by atoms with Gasteiger partial charge in [-0.1, -0.05) is 6.07 Å². The van der Waals surface area contributed by atoms with Crippen LogP contribution < -0.4 is 4.90 Å². The predicted octanol–water partition coefficient (Wildman–Crippen LogP) is 2.86. The Morgan fingerprint density at radius 1 is 1.15 bits per heavy atom. The molecule has 134 valence electrons. The van der Waals surface area contributed by atoms with Crippen LogP contribution in [0.25, 0.3) is 10.6 Å². The lowest BCUT2D eigenvalue weighted by atomic mass is 10.2. The summed E-state index contributed by atoms with van der Waals surface area (Å²) in [6, 6.07) is 5.89. The highest BCUT2D eigenvalue weighted by atomic mass is 32.1. The number of nitrogens with zero attached hydrogens (tertiary/aromatic N) is 5. The molecule has 8 heteroatoms. The highest BCUT2D eigenvalue weighted by Crippen LogP contribution is 2.31. The number of aromatic nitrogens is 3. The zero-order valence-electron chi connectivity index (χ0n) is 14.5. The van der Waals surface area contributed by atoms with Gasteiger partial charge in [-0.15, -0.1) is 22.7 Å². The van der Waals surface area contributed by atoms with Crippen molar-refractivity contribution in [2.45, 2.75) is 13.3 Å². The molecule has 0 unspecified atom stereocenters. The standard InChI is InChI=1S/C18H19N5OS2/c1-13-21-17(14-4-2-11-25-14)15(26-13)12-16(24)22-7-9-23(10-8-22)18-19-5-3-6-20-18/h2-6,11H,7-10,12H2,1H3. The van der Waals surface area contributed by atoms with Crippen LogP contribution in [-0.4, -0.2) is 51.9 Å². The van der Waals surface area contributed by atoms with E-state index in [1.54, 1.807) is 35.1 Å². The van der Waals surface area contributed by atoms with Crippen molar-refractivity contribution < 1.29 is 4.79 Å². The quantitative estimate of drug-likeness (QED) is 0.691. The average molecular weight is 386 g/mol. The van der Waals surface area contributed by atoms with E-state index in [1.165, 1.54) is 0 Å². The molecule has 1 saturated heterocycles. The number of hydrogen-bond acceptors (Lipinski definition) is 7. The molecule has 6 nitrogen and oxygen atoms in total. The Kier molecular flexibility index (Phi) is 4.94. The highest BCUT2D eigenvalue weighted by molar-refractivity contribution is 7.15. The fourth-order valence-electron chi connectivity index (χ4n) is 3.05. The summed E-state index contributed by atoms with van der Waals surface area (Å²) in [7, 11) is 0. The van der Waals surface area contributed by atoms with Crippen LogP contribution in [0.2, 0.25) is 0 Å². The Balaban J connectivity index is 1.41. The minimum Gasteiger partial charge on any atom is -0.339 e. The van der Waals surface area contributed by atoms with E-state index < -0.39 is 0 Å². The van der Waals surface area contributed by atoms with Gasteiger partial charge in [-0.05, 0) is 24.4 Å². The van der Waals surface area contributed by atoms with Crippen molar-refractivity contribution >= 4 is 34.5 Å². The Hall–Kier alpha value is -2.32. The van der Waals surface area contributed by atoms with Gasteiger partial charge >= 0.3 is 0 Å². The molecule has 0 spiro atoms. The van der Waals surface area contributed by atoms with E-state index in [0.29, 0.717) is 19.5 Å². The molecule has 1 aliphatic heterocycles.